The predicted molar refractivity (Wildman–Crippen MR) is 76.5 cm³/mol. The Morgan fingerprint density at radius 3 is 3.10 bits per heavy atom. The molecule has 2 atom stereocenters. The molecule has 1 aromatic carbocycles. The van der Waals surface area contributed by atoms with Gasteiger partial charge < -0.3 is 19.6 Å². The smallest absolute Gasteiger partial charge is 0.334 e. The lowest BCUT2D eigenvalue weighted by Crippen LogP contribution is -2.40. The summed E-state index contributed by atoms with van der Waals surface area (Å²) in [5, 5.41) is 13.2. The summed E-state index contributed by atoms with van der Waals surface area (Å²) in [6, 6.07) is 7.60. The molecule has 0 bridgehead atoms. The number of aliphatic carboxylic acids is 1. The van der Waals surface area contributed by atoms with Gasteiger partial charge in [0.05, 0.1) is 6.54 Å². The number of hydrogen-bond acceptors (Lipinski definition) is 4. The topological polar surface area (TPSA) is 71.7 Å². The average molecular weight is 340 g/mol. The second kappa shape index (κ2) is 5.55. The first-order valence-corrected chi connectivity index (χ1v) is 7.18. The van der Waals surface area contributed by atoms with Crippen molar-refractivity contribution in [2.24, 2.45) is 0 Å². The number of rotatable bonds is 4. The Morgan fingerprint density at radius 2 is 2.30 bits per heavy atom. The van der Waals surface area contributed by atoms with Crippen molar-refractivity contribution in [1.29, 1.82) is 0 Å². The van der Waals surface area contributed by atoms with E-state index in [-0.39, 0.29) is 6.04 Å². The van der Waals surface area contributed by atoms with Gasteiger partial charge in [-0.05, 0) is 30.7 Å². The number of halogens is 1. The molecule has 2 heterocycles. The Labute approximate surface area is 124 Å². The molecule has 2 N–H and O–H groups in total. The molecule has 0 amide bonds. The number of carbonyl (C=O) groups is 1. The molecule has 5 nitrogen and oxygen atoms in total. The zero-order valence-corrected chi connectivity index (χ0v) is 12.2. The molecule has 1 aromatic heterocycles. The van der Waals surface area contributed by atoms with Gasteiger partial charge in [-0.3, -0.25) is 0 Å². The van der Waals surface area contributed by atoms with Crippen LogP contribution in [0.4, 0.5) is 0 Å². The predicted octanol–water partition coefficient (Wildman–Crippen LogP) is 2.53. The van der Waals surface area contributed by atoms with Crippen molar-refractivity contribution in [1.82, 2.24) is 5.32 Å². The minimum atomic E-state index is -0.923. The monoisotopic (exact) mass is 339 g/mol. The fourth-order valence-electron chi connectivity index (χ4n) is 2.43. The molecule has 0 unspecified atom stereocenters. The van der Waals surface area contributed by atoms with Gasteiger partial charge >= 0.3 is 5.97 Å². The summed E-state index contributed by atoms with van der Waals surface area (Å²) in [5.41, 5.74) is 0.822. The van der Waals surface area contributed by atoms with Crippen LogP contribution in [0.25, 0.3) is 11.0 Å². The summed E-state index contributed by atoms with van der Waals surface area (Å²) in [5.74, 6) is -0.136. The minimum absolute atomic E-state index is 0.174. The summed E-state index contributed by atoms with van der Waals surface area (Å²) in [6.45, 7) is 0.964. The molecule has 1 fully saturated rings. The maximum absolute atomic E-state index is 11.0. The number of carboxylic acids is 1. The summed E-state index contributed by atoms with van der Waals surface area (Å²) in [7, 11) is 0. The molecule has 106 valence electrons. The summed E-state index contributed by atoms with van der Waals surface area (Å²) >= 11 is 3.42. The van der Waals surface area contributed by atoms with E-state index in [2.05, 4.69) is 21.2 Å². The second-order valence-corrected chi connectivity index (χ2v) is 5.72. The number of furan rings is 1. The van der Waals surface area contributed by atoms with Crippen LogP contribution in [0.3, 0.4) is 0 Å². The molecule has 2 aromatic rings. The SMILES string of the molecule is O=C(O)[C@@H]1OCC[C@@H]1NCc1cc2cc(Br)ccc2o1. The quantitative estimate of drug-likeness (QED) is 0.895. The Hall–Kier alpha value is -1.37. The van der Waals surface area contributed by atoms with Gasteiger partial charge in [0.15, 0.2) is 6.10 Å². The van der Waals surface area contributed by atoms with Crippen molar-refractivity contribution in [2.75, 3.05) is 6.61 Å². The molecule has 1 saturated heterocycles. The molecular formula is C14H14BrNO4. The van der Waals surface area contributed by atoms with Gasteiger partial charge in [0.25, 0.3) is 0 Å². The third-order valence-electron chi connectivity index (χ3n) is 3.40. The van der Waals surface area contributed by atoms with Crippen molar-refractivity contribution in [2.45, 2.75) is 25.1 Å². The standard InChI is InChI=1S/C14H14BrNO4/c15-9-1-2-12-8(5-9)6-10(20-12)7-16-11-3-4-19-13(11)14(17)18/h1-2,5-6,11,13,16H,3-4,7H2,(H,17,18)/t11-,13+/m0/s1. The van der Waals surface area contributed by atoms with E-state index in [0.29, 0.717) is 19.6 Å². The highest BCUT2D eigenvalue weighted by molar-refractivity contribution is 9.10. The lowest BCUT2D eigenvalue weighted by Gasteiger charge is -2.15. The Kier molecular flexibility index (Phi) is 3.78. The van der Waals surface area contributed by atoms with Gasteiger partial charge in [-0.15, -0.1) is 0 Å². The molecular weight excluding hydrogens is 326 g/mol. The van der Waals surface area contributed by atoms with Crippen molar-refractivity contribution < 1.29 is 19.1 Å². The van der Waals surface area contributed by atoms with E-state index in [9.17, 15) is 4.79 Å². The highest BCUT2D eigenvalue weighted by Crippen LogP contribution is 2.23. The number of benzene rings is 1. The van der Waals surface area contributed by atoms with Crippen LogP contribution in [0.5, 0.6) is 0 Å². The number of ether oxygens (including phenoxy) is 1. The number of hydrogen-bond donors (Lipinski definition) is 2. The van der Waals surface area contributed by atoms with Crippen LogP contribution in [0.2, 0.25) is 0 Å². The van der Waals surface area contributed by atoms with Gasteiger partial charge in [-0.1, -0.05) is 15.9 Å². The van der Waals surface area contributed by atoms with Crippen LogP contribution in [0.1, 0.15) is 12.2 Å². The van der Waals surface area contributed by atoms with E-state index in [4.69, 9.17) is 14.3 Å². The van der Waals surface area contributed by atoms with Gasteiger partial charge in [-0.2, -0.15) is 0 Å². The maximum Gasteiger partial charge on any atom is 0.334 e. The first-order valence-electron chi connectivity index (χ1n) is 6.39. The maximum atomic E-state index is 11.0. The molecule has 1 aliphatic rings. The zero-order valence-electron chi connectivity index (χ0n) is 10.6. The third-order valence-corrected chi connectivity index (χ3v) is 3.90. The van der Waals surface area contributed by atoms with E-state index in [1.807, 2.05) is 24.3 Å². The summed E-state index contributed by atoms with van der Waals surface area (Å²) in [4.78, 5) is 11.0. The molecule has 6 heteroatoms. The Morgan fingerprint density at radius 1 is 1.45 bits per heavy atom. The largest absolute Gasteiger partial charge is 0.479 e. The second-order valence-electron chi connectivity index (χ2n) is 4.80. The normalized spacial score (nSPS) is 22.4. The molecule has 0 saturated carbocycles. The minimum Gasteiger partial charge on any atom is -0.479 e. The van der Waals surface area contributed by atoms with Crippen LogP contribution in [0, 0.1) is 0 Å². The van der Waals surface area contributed by atoms with E-state index < -0.39 is 12.1 Å². The third kappa shape index (κ3) is 2.72. The molecule has 0 spiro atoms. The van der Waals surface area contributed by atoms with Gasteiger partial charge in [0, 0.05) is 22.5 Å². The lowest BCUT2D eigenvalue weighted by atomic mass is 10.1. The van der Waals surface area contributed by atoms with Crippen LogP contribution < -0.4 is 5.32 Å². The van der Waals surface area contributed by atoms with Crippen LogP contribution >= 0.6 is 15.9 Å². The van der Waals surface area contributed by atoms with Crippen molar-refractivity contribution in [3.8, 4) is 0 Å². The fourth-order valence-corrected chi connectivity index (χ4v) is 2.81. The van der Waals surface area contributed by atoms with Gasteiger partial charge in [-0.25, -0.2) is 4.79 Å². The van der Waals surface area contributed by atoms with E-state index in [1.165, 1.54) is 0 Å². The summed E-state index contributed by atoms with van der Waals surface area (Å²) in [6.07, 6.45) is -0.0727. The molecule has 0 aliphatic carbocycles. The van der Waals surface area contributed by atoms with Crippen molar-refractivity contribution in [3.05, 3.63) is 34.5 Å². The van der Waals surface area contributed by atoms with Gasteiger partial charge in [0.2, 0.25) is 0 Å². The highest BCUT2D eigenvalue weighted by atomic mass is 79.9. The lowest BCUT2D eigenvalue weighted by molar-refractivity contribution is -0.148. The summed E-state index contributed by atoms with van der Waals surface area (Å²) < 4.78 is 11.9. The number of carboxylic acid groups (broad SMARTS) is 1. The van der Waals surface area contributed by atoms with E-state index >= 15 is 0 Å². The Bertz CT molecular complexity index is 639. The molecule has 0 radical (unpaired) electrons. The van der Waals surface area contributed by atoms with E-state index in [1.54, 1.807) is 0 Å². The van der Waals surface area contributed by atoms with Crippen LogP contribution in [0.15, 0.2) is 33.2 Å². The fraction of sp³-hybridized carbons (Fsp3) is 0.357. The number of fused-ring (bicyclic) bond motifs is 1. The Balaban J connectivity index is 1.69. The van der Waals surface area contributed by atoms with Crippen molar-refractivity contribution >= 4 is 32.9 Å². The molecule has 1 aliphatic heterocycles. The number of nitrogens with one attached hydrogen (secondary N) is 1. The molecule has 20 heavy (non-hydrogen) atoms. The zero-order chi connectivity index (χ0) is 14.1. The molecule has 3 rings (SSSR count). The van der Waals surface area contributed by atoms with Crippen LogP contribution in [-0.4, -0.2) is 29.8 Å². The van der Waals surface area contributed by atoms with Crippen molar-refractivity contribution in [3.63, 3.8) is 0 Å². The van der Waals surface area contributed by atoms with E-state index in [0.717, 1.165) is 21.2 Å². The first kappa shape index (κ1) is 13.6. The van der Waals surface area contributed by atoms with Crippen LogP contribution in [-0.2, 0) is 16.1 Å². The average Bonchev–Trinajstić information content (AvgIpc) is 3.01. The highest BCUT2D eigenvalue weighted by Gasteiger charge is 2.33. The first-order chi connectivity index (χ1) is 9.63. The van der Waals surface area contributed by atoms with Gasteiger partial charge in [0.1, 0.15) is 11.3 Å².